The van der Waals surface area contributed by atoms with Crippen LogP contribution in [-0.4, -0.2) is 59.5 Å². The number of esters is 1. The number of hydrogen-bond acceptors (Lipinski definition) is 6. The Morgan fingerprint density at radius 3 is 2.45 bits per heavy atom. The van der Waals surface area contributed by atoms with Crippen molar-refractivity contribution in [2.45, 2.75) is 77.8 Å². The molecular formula is C20H35N3O6. The SMILES string of the molecule is CCCCCC(CC(=O)NO)C(=O)NC(C(=O)N1CCCC1C(=O)OC)C(C)C. The van der Waals surface area contributed by atoms with E-state index in [1.54, 1.807) is 5.48 Å². The predicted molar refractivity (Wildman–Crippen MR) is 106 cm³/mol. The van der Waals surface area contributed by atoms with Gasteiger partial charge in [0.2, 0.25) is 17.7 Å². The number of methoxy groups -OCH3 is 1. The summed E-state index contributed by atoms with van der Waals surface area (Å²) in [6.07, 6.45) is 4.22. The second-order valence-corrected chi connectivity index (χ2v) is 7.87. The minimum absolute atomic E-state index is 0.153. The Morgan fingerprint density at radius 2 is 1.90 bits per heavy atom. The van der Waals surface area contributed by atoms with E-state index < -0.39 is 35.8 Å². The molecule has 1 aliphatic rings. The van der Waals surface area contributed by atoms with Crippen LogP contribution in [-0.2, 0) is 23.9 Å². The van der Waals surface area contributed by atoms with Gasteiger partial charge < -0.3 is 15.0 Å². The van der Waals surface area contributed by atoms with Gasteiger partial charge in [-0.1, -0.05) is 40.0 Å². The number of amides is 3. The normalized spacial score (nSPS) is 18.3. The van der Waals surface area contributed by atoms with E-state index in [2.05, 4.69) is 5.32 Å². The molecule has 1 heterocycles. The summed E-state index contributed by atoms with van der Waals surface area (Å²) < 4.78 is 4.80. The smallest absolute Gasteiger partial charge is 0.328 e. The Hall–Kier alpha value is -2.16. The minimum Gasteiger partial charge on any atom is -0.467 e. The highest BCUT2D eigenvalue weighted by Crippen LogP contribution is 2.22. The van der Waals surface area contributed by atoms with Gasteiger partial charge in [0.15, 0.2) is 0 Å². The van der Waals surface area contributed by atoms with Crippen molar-refractivity contribution in [3.63, 3.8) is 0 Å². The molecule has 0 radical (unpaired) electrons. The zero-order valence-corrected chi connectivity index (χ0v) is 17.9. The third-order valence-corrected chi connectivity index (χ3v) is 5.32. The van der Waals surface area contributed by atoms with Crippen LogP contribution in [0.3, 0.4) is 0 Å². The van der Waals surface area contributed by atoms with Crippen LogP contribution in [0, 0.1) is 11.8 Å². The molecule has 1 saturated heterocycles. The van der Waals surface area contributed by atoms with Gasteiger partial charge in [0, 0.05) is 18.9 Å². The van der Waals surface area contributed by atoms with Gasteiger partial charge in [-0.25, -0.2) is 10.3 Å². The Bertz CT molecular complexity index is 581. The highest BCUT2D eigenvalue weighted by molar-refractivity contribution is 5.93. The van der Waals surface area contributed by atoms with E-state index in [-0.39, 0.29) is 18.2 Å². The molecule has 3 atom stereocenters. The molecule has 3 amide bonds. The van der Waals surface area contributed by atoms with E-state index in [1.165, 1.54) is 12.0 Å². The lowest BCUT2D eigenvalue weighted by Crippen LogP contribution is -2.55. The zero-order valence-electron chi connectivity index (χ0n) is 17.9. The average molecular weight is 414 g/mol. The van der Waals surface area contributed by atoms with E-state index in [9.17, 15) is 19.2 Å². The van der Waals surface area contributed by atoms with Crippen LogP contribution in [0.25, 0.3) is 0 Å². The van der Waals surface area contributed by atoms with Gasteiger partial charge in [0.25, 0.3) is 0 Å². The first-order valence-electron chi connectivity index (χ1n) is 10.4. The molecule has 0 aromatic heterocycles. The maximum atomic E-state index is 13.1. The van der Waals surface area contributed by atoms with Crippen LogP contribution in [0.5, 0.6) is 0 Å². The summed E-state index contributed by atoms with van der Waals surface area (Å²) in [7, 11) is 1.29. The van der Waals surface area contributed by atoms with Crippen LogP contribution >= 0.6 is 0 Å². The number of carbonyl (C=O) groups is 4. The Morgan fingerprint density at radius 1 is 1.21 bits per heavy atom. The lowest BCUT2D eigenvalue weighted by molar-refractivity contribution is -0.152. The highest BCUT2D eigenvalue weighted by Gasteiger charge is 2.39. The molecule has 166 valence electrons. The zero-order chi connectivity index (χ0) is 22.0. The number of rotatable bonds is 11. The highest BCUT2D eigenvalue weighted by atomic mass is 16.5. The topological polar surface area (TPSA) is 125 Å². The summed E-state index contributed by atoms with van der Waals surface area (Å²) in [5.74, 6) is -2.65. The summed E-state index contributed by atoms with van der Waals surface area (Å²) in [6.45, 7) is 6.11. The molecule has 1 rings (SSSR count). The first kappa shape index (κ1) is 24.9. The molecule has 9 nitrogen and oxygen atoms in total. The lowest BCUT2D eigenvalue weighted by atomic mass is 9.94. The maximum absolute atomic E-state index is 13.1. The number of hydroxylamine groups is 1. The van der Waals surface area contributed by atoms with Gasteiger partial charge >= 0.3 is 5.97 Å². The average Bonchev–Trinajstić information content (AvgIpc) is 3.19. The molecule has 9 heteroatoms. The minimum atomic E-state index is -0.807. The first-order chi connectivity index (χ1) is 13.8. The van der Waals surface area contributed by atoms with Crippen LogP contribution in [0.2, 0.25) is 0 Å². The van der Waals surface area contributed by atoms with Crippen molar-refractivity contribution in [3.05, 3.63) is 0 Å². The molecule has 0 aromatic rings. The molecule has 3 N–H and O–H groups in total. The van der Waals surface area contributed by atoms with Gasteiger partial charge in [-0.3, -0.25) is 19.6 Å². The second kappa shape index (κ2) is 12.4. The summed E-state index contributed by atoms with van der Waals surface area (Å²) >= 11 is 0. The first-order valence-corrected chi connectivity index (χ1v) is 10.4. The van der Waals surface area contributed by atoms with Crippen molar-refractivity contribution in [1.82, 2.24) is 15.7 Å². The number of likely N-dealkylation sites (tertiary alicyclic amines) is 1. The van der Waals surface area contributed by atoms with E-state index in [0.29, 0.717) is 25.8 Å². The van der Waals surface area contributed by atoms with Crippen molar-refractivity contribution in [2.24, 2.45) is 11.8 Å². The van der Waals surface area contributed by atoms with Gasteiger partial charge in [0.05, 0.1) is 7.11 Å². The largest absolute Gasteiger partial charge is 0.467 e. The molecule has 0 spiro atoms. The maximum Gasteiger partial charge on any atom is 0.328 e. The van der Waals surface area contributed by atoms with Crippen LogP contribution < -0.4 is 10.8 Å². The fourth-order valence-corrected chi connectivity index (χ4v) is 3.61. The number of carbonyl (C=O) groups excluding carboxylic acids is 4. The van der Waals surface area contributed by atoms with Crippen molar-refractivity contribution in [3.8, 4) is 0 Å². The number of hydrogen-bond donors (Lipinski definition) is 3. The molecule has 3 unspecified atom stereocenters. The quantitative estimate of drug-likeness (QED) is 0.203. The molecule has 1 fully saturated rings. The molecular weight excluding hydrogens is 378 g/mol. The third-order valence-electron chi connectivity index (χ3n) is 5.32. The summed E-state index contributed by atoms with van der Waals surface area (Å²) in [5.41, 5.74) is 1.56. The van der Waals surface area contributed by atoms with Crippen LogP contribution in [0.15, 0.2) is 0 Å². The number of ether oxygens (including phenoxy) is 1. The van der Waals surface area contributed by atoms with Gasteiger partial charge in [-0.05, 0) is 25.2 Å². The molecule has 0 bridgehead atoms. The number of unbranched alkanes of at least 4 members (excludes halogenated alkanes) is 2. The Kier molecular flexibility index (Phi) is 10.6. The standard InChI is InChI=1S/C20H35N3O6/c1-5-6-7-9-14(12-16(24)22-28)18(25)21-17(13(2)3)19(26)23-11-8-10-15(23)20(27)29-4/h13-15,17,28H,5-12H2,1-4H3,(H,21,25)(H,22,24). The van der Waals surface area contributed by atoms with E-state index in [0.717, 1.165) is 19.3 Å². The van der Waals surface area contributed by atoms with E-state index in [4.69, 9.17) is 9.94 Å². The number of nitrogens with one attached hydrogen (secondary N) is 2. The van der Waals surface area contributed by atoms with Crippen molar-refractivity contribution in [1.29, 1.82) is 0 Å². The fraction of sp³-hybridized carbons (Fsp3) is 0.800. The second-order valence-electron chi connectivity index (χ2n) is 7.87. The summed E-state index contributed by atoms with van der Waals surface area (Å²) in [4.78, 5) is 51.0. The molecule has 1 aliphatic heterocycles. The predicted octanol–water partition coefficient (Wildman–Crippen LogP) is 1.38. The Labute approximate surface area is 172 Å². The monoisotopic (exact) mass is 413 g/mol. The van der Waals surface area contributed by atoms with E-state index in [1.807, 2.05) is 20.8 Å². The van der Waals surface area contributed by atoms with E-state index >= 15 is 0 Å². The van der Waals surface area contributed by atoms with Gasteiger partial charge in [-0.2, -0.15) is 0 Å². The fourth-order valence-electron chi connectivity index (χ4n) is 3.61. The summed E-state index contributed by atoms with van der Waals surface area (Å²) in [6, 6.07) is -1.44. The molecule has 0 aromatic carbocycles. The van der Waals surface area contributed by atoms with Crippen molar-refractivity contribution >= 4 is 23.7 Å². The molecule has 29 heavy (non-hydrogen) atoms. The van der Waals surface area contributed by atoms with Gasteiger partial charge in [0.1, 0.15) is 12.1 Å². The van der Waals surface area contributed by atoms with Crippen LogP contribution in [0.1, 0.15) is 65.7 Å². The van der Waals surface area contributed by atoms with Crippen molar-refractivity contribution < 1.29 is 29.1 Å². The van der Waals surface area contributed by atoms with Crippen molar-refractivity contribution in [2.75, 3.05) is 13.7 Å². The van der Waals surface area contributed by atoms with Gasteiger partial charge in [-0.15, -0.1) is 0 Å². The van der Waals surface area contributed by atoms with Crippen LogP contribution in [0.4, 0.5) is 0 Å². The third kappa shape index (κ3) is 7.30. The molecule has 0 aliphatic carbocycles. The molecule has 0 saturated carbocycles. The summed E-state index contributed by atoms with van der Waals surface area (Å²) in [5, 5.41) is 11.6. The Balaban J connectivity index is 2.90. The lowest BCUT2D eigenvalue weighted by Gasteiger charge is -2.30. The number of nitrogens with zero attached hydrogens (tertiary/aromatic N) is 1.